The van der Waals surface area contributed by atoms with Crippen LogP contribution in [0.1, 0.15) is 12.8 Å². The third kappa shape index (κ3) is 2.30. The number of aliphatic hydroxyl groups is 1. The SMILES string of the molecule is Cn1cnc2c1c(=O)n(CC1CCC(O)CO1)c(=O)n2C. The smallest absolute Gasteiger partial charge is 0.332 e. The van der Waals surface area contributed by atoms with Crippen molar-refractivity contribution in [3.8, 4) is 0 Å². The van der Waals surface area contributed by atoms with Gasteiger partial charge in [-0.05, 0) is 12.8 Å². The zero-order chi connectivity index (χ0) is 15.1. The topological polar surface area (TPSA) is 91.3 Å². The fourth-order valence-electron chi connectivity index (χ4n) is 2.70. The molecule has 2 aromatic heterocycles. The van der Waals surface area contributed by atoms with E-state index in [0.29, 0.717) is 24.0 Å². The van der Waals surface area contributed by atoms with Gasteiger partial charge in [-0.25, -0.2) is 9.78 Å². The number of imidazole rings is 1. The van der Waals surface area contributed by atoms with E-state index in [1.54, 1.807) is 18.7 Å². The summed E-state index contributed by atoms with van der Waals surface area (Å²) in [7, 11) is 3.32. The molecule has 114 valence electrons. The van der Waals surface area contributed by atoms with E-state index < -0.39 is 11.8 Å². The summed E-state index contributed by atoms with van der Waals surface area (Å²) in [5, 5.41) is 9.43. The summed E-state index contributed by atoms with van der Waals surface area (Å²) in [6.45, 7) is 0.438. The van der Waals surface area contributed by atoms with Crippen LogP contribution in [0, 0.1) is 0 Å². The molecule has 21 heavy (non-hydrogen) atoms. The third-order valence-corrected chi connectivity index (χ3v) is 3.93. The zero-order valence-electron chi connectivity index (χ0n) is 12.0. The van der Waals surface area contributed by atoms with Crippen LogP contribution in [-0.4, -0.2) is 42.6 Å². The molecule has 0 aliphatic carbocycles. The molecule has 1 aliphatic rings. The molecule has 0 bridgehead atoms. The molecule has 0 saturated carbocycles. The molecule has 1 fully saturated rings. The van der Waals surface area contributed by atoms with Crippen molar-refractivity contribution < 1.29 is 9.84 Å². The molecule has 1 N–H and O–H groups in total. The Kier molecular flexibility index (Phi) is 3.42. The predicted octanol–water partition coefficient (Wildman–Crippen LogP) is -1.03. The summed E-state index contributed by atoms with van der Waals surface area (Å²) in [6.07, 6.45) is 2.07. The summed E-state index contributed by atoms with van der Waals surface area (Å²) in [4.78, 5) is 28.9. The highest BCUT2D eigenvalue weighted by molar-refractivity contribution is 5.69. The van der Waals surface area contributed by atoms with Crippen LogP contribution < -0.4 is 11.2 Å². The van der Waals surface area contributed by atoms with E-state index in [0.717, 1.165) is 0 Å². The average Bonchev–Trinajstić information content (AvgIpc) is 2.85. The molecule has 8 nitrogen and oxygen atoms in total. The molecule has 1 saturated heterocycles. The maximum Gasteiger partial charge on any atom is 0.332 e. The van der Waals surface area contributed by atoms with Crippen LogP contribution in [0.3, 0.4) is 0 Å². The molecule has 2 atom stereocenters. The van der Waals surface area contributed by atoms with Gasteiger partial charge in [0.1, 0.15) is 0 Å². The standard InChI is InChI=1S/C13H18N4O4/c1-15-7-14-11-10(15)12(19)17(13(20)16(11)2)5-9-4-3-8(18)6-21-9/h7-9,18H,3-6H2,1-2H3. The Morgan fingerprint density at radius 2 is 2.14 bits per heavy atom. The lowest BCUT2D eigenvalue weighted by molar-refractivity contribution is -0.0617. The lowest BCUT2D eigenvalue weighted by Crippen LogP contribution is -2.44. The van der Waals surface area contributed by atoms with Crippen LogP contribution in [-0.2, 0) is 25.4 Å². The molecular weight excluding hydrogens is 276 g/mol. The van der Waals surface area contributed by atoms with Crippen molar-refractivity contribution in [2.24, 2.45) is 14.1 Å². The Morgan fingerprint density at radius 3 is 2.81 bits per heavy atom. The van der Waals surface area contributed by atoms with Crippen LogP contribution in [0.15, 0.2) is 15.9 Å². The Bertz CT molecular complexity index is 780. The minimum atomic E-state index is -0.458. The van der Waals surface area contributed by atoms with Crippen molar-refractivity contribution in [3.63, 3.8) is 0 Å². The zero-order valence-corrected chi connectivity index (χ0v) is 12.0. The van der Waals surface area contributed by atoms with E-state index >= 15 is 0 Å². The molecule has 0 radical (unpaired) electrons. The molecular formula is C13H18N4O4. The molecule has 0 amide bonds. The third-order valence-electron chi connectivity index (χ3n) is 3.93. The molecule has 0 spiro atoms. The Balaban J connectivity index is 2.04. The second kappa shape index (κ2) is 5.12. The number of hydrogen-bond donors (Lipinski definition) is 1. The first kappa shape index (κ1) is 14.0. The van der Waals surface area contributed by atoms with Gasteiger partial charge in [0.25, 0.3) is 5.56 Å². The van der Waals surface area contributed by atoms with Crippen molar-refractivity contribution in [2.75, 3.05) is 6.61 Å². The fraction of sp³-hybridized carbons (Fsp3) is 0.615. The van der Waals surface area contributed by atoms with Crippen molar-refractivity contribution in [1.82, 2.24) is 18.7 Å². The van der Waals surface area contributed by atoms with Crippen molar-refractivity contribution in [1.29, 1.82) is 0 Å². The largest absolute Gasteiger partial charge is 0.391 e. The Hall–Kier alpha value is -1.93. The Morgan fingerprint density at radius 1 is 1.38 bits per heavy atom. The molecule has 2 aromatic rings. The van der Waals surface area contributed by atoms with Gasteiger partial charge in [0, 0.05) is 14.1 Å². The van der Waals surface area contributed by atoms with Crippen LogP contribution in [0.25, 0.3) is 11.2 Å². The van der Waals surface area contributed by atoms with Gasteiger partial charge in [-0.2, -0.15) is 0 Å². The van der Waals surface area contributed by atoms with Gasteiger partial charge in [0.2, 0.25) is 0 Å². The second-order valence-corrected chi connectivity index (χ2v) is 5.47. The number of ether oxygens (including phenoxy) is 1. The van der Waals surface area contributed by atoms with Gasteiger partial charge in [-0.1, -0.05) is 0 Å². The van der Waals surface area contributed by atoms with Gasteiger partial charge in [0.05, 0.1) is 31.7 Å². The van der Waals surface area contributed by atoms with Crippen molar-refractivity contribution in [2.45, 2.75) is 31.6 Å². The number of aliphatic hydroxyl groups excluding tert-OH is 1. The summed E-state index contributed by atoms with van der Waals surface area (Å²) >= 11 is 0. The van der Waals surface area contributed by atoms with Crippen LogP contribution >= 0.6 is 0 Å². The average molecular weight is 294 g/mol. The fourth-order valence-corrected chi connectivity index (χ4v) is 2.70. The predicted molar refractivity (Wildman–Crippen MR) is 75.2 cm³/mol. The van der Waals surface area contributed by atoms with Crippen LogP contribution in [0.5, 0.6) is 0 Å². The minimum Gasteiger partial charge on any atom is -0.391 e. The maximum absolute atomic E-state index is 12.5. The first-order valence-corrected chi connectivity index (χ1v) is 6.89. The van der Waals surface area contributed by atoms with Gasteiger partial charge >= 0.3 is 5.69 Å². The molecule has 8 heteroatoms. The number of nitrogens with zero attached hydrogens (tertiary/aromatic N) is 4. The lowest BCUT2D eigenvalue weighted by atomic mass is 10.1. The van der Waals surface area contributed by atoms with E-state index in [9.17, 15) is 14.7 Å². The number of aromatic nitrogens is 4. The molecule has 0 aromatic carbocycles. The van der Waals surface area contributed by atoms with Gasteiger partial charge in [-0.3, -0.25) is 13.9 Å². The highest BCUT2D eigenvalue weighted by Crippen LogP contribution is 2.14. The van der Waals surface area contributed by atoms with Gasteiger partial charge in [0.15, 0.2) is 11.2 Å². The van der Waals surface area contributed by atoms with Gasteiger partial charge in [-0.15, -0.1) is 0 Å². The van der Waals surface area contributed by atoms with Crippen molar-refractivity contribution in [3.05, 3.63) is 27.2 Å². The van der Waals surface area contributed by atoms with Crippen LogP contribution in [0.2, 0.25) is 0 Å². The number of rotatable bonds is 2. The highest BCUT2D eigenvalue weighted by atomic mass is 16.5. The van der Waals surface area contributed by atoms with Crippen LogP contribution in [0.4, 0.5) is 0 Å². The molecule has 2 unspecified atom stereocenters. The molecule has 3 rings (SSSR count). The number of aryl methyl sites for hydroxylation is 2. The van der Waals surface area contributed by atoms with E-state index in [1.165, 1.54) is 15.5 Å². The lowest BCUT2D eigenvalue weighted by Gasteiger charge is -2.26. The quantitative estimate of drug-likeness (QED) is 0.765. The van der Waals surface area contributed by atoms with E-state index in [2.05, 4.69) is 4.98 Å². The van der Waals surface area contributed by atoms with E-state index in [-0.39, 0.29) is 24.8 Å². The normalized spacial score (nSPS) is 22.8. The summed E-state index contributed by atoms with van der Waals surface area (Å²) in [5.41, 5.74) is 0.0143. The molecule has 1 aliphatic heterocycles. The van der Waals surface area contributed by atoms with Crippen molar-refractivity contribution >= 4 is 11.2 Å². The number of hydrogen-bond acceptors (Lipinski definition) is 5. The van der Waals surface area contributed by atoms with E-state index in [1.807, 2.05) is 0 Å². The monoisotopic (exact) mass is 294 g/mol. The summed E-state index contributed by atoms with van der Waals surface area (Å²) < 4.78 is 9.65. The molecule has 3 heterocycles. The van der Waals surface area contributed by atoms with Gasteiger partial charge < -0.3 is 14.4 Å². The first-order chi connectivity index (χ1) is 9.99. The highest BCUT2D eigenvalue weighted by Gasteiger charge is 2.23. The Labute approximate surface area is 120 Å². The summed E-state index contributed by atoms with van der Waals surface area (Å²) in [6, 6.07) is 0. The maximum atomic E-state index is 12.5. The number of fused-ring (bicyclic) bond motifs is 1. The first-order valence-electron chi connectivity index (χ1n) is 6.89. The second-order valence-electron chi connectivity index (χ2n) is 5.47. The van der Waals surface area contributed by atoms with E-state index in [4.69, 9.17) is 4.74 Å². The minimum absolute atomic E-state index is 0.194. The summed E-state index contributed by atoms with van der Waals surface area (Å²) in [5.74, 6) is 0.